The largest absolute Gasteiger partial charge is 0.484 e. The Kier molecular flexibility index (Phi) is 5.70. The molecule has 0 spiro atoms. The van der Waals surface area contributed by atoms with Gasteiger partial charge >= 0.3 is 5.63 Å². The minimum atomic E-state index is -0.471. The van der Waals surface area contributed by atoms with Crippen molar-refractivity contribution in [3.8, 4) is 11.4 Å². The van der Waals surface area contributed by atoms with Crippen LogP contribution in [0.3, 0.4) is 0 Å². The molecule has 0 atom stereocenters. The number of benzene rings is 2. The highest BCUT2D eigenvalue weighted by atomic mass is 16.5. The molecule has 0 fully saturated rings. The maximum atomic E-state index is 12.0. The summed E-state index contributed by atoms with van der Waals surface area (Å²) in [6, 6.07) is 14.9. The van der Waals surface area contributed by atoms with Crippen molar-refractivity contribution in [2.24, 2.45) is 0 Å². The van der Waals surface area contributed by atoms with Crippen LogP contribution in [0, 0.1) is 0 Å². The first-order chi connectivity index (χ1) is 15.1. The van der Waals surface area contributed by atoms with Crippen LogP contribution < -0.4 is 21.0 Å². The van der Waals surface area contributed by atoms with E-state index in [2.05, 4.69) is 20.7 Å². The van der Waals surface area contributed by atoms with Gasteiger partial charge in [0.1, 0.15) is 24.0 Å². The monoisotopic (exact) mass is 419 g/mol. The molecule has 0 aliphatic carbocycles. The minimum absolute atomic E-state index is 0.209. The lowest BCUT2D eigenvalue weighted by Crippen LogP contribution is -2.35. The Morgan fingerprint density at radius 3 is 2.61 bits per heavy atom. The SMILES string of the molecule is O=C(COc1ccc2ccc(=O)oc2c1)NCC(=O)Nc1ccc(-n2cncn2)cc1. The van der Waals surface area contributed by atoms with Crippen LogP contribution in [0.25, 0.3) is 16.7 Å². The van der Waals surface area contributed by atoms with Crippen molar-refractivity contribution >= 4 is 28.5 Å². The first kappa shape index (κ1) is 19.8. The first-order valence-corrected chi connectivity index (χ1v) is 9.25. The number of anilines is 1. The zero-order valence-corrected chi connectivity index (χ0v) is 16.1. The predicted octanol–water partition coefficient (Wildman–Crippen LogP) is 1.51. The smallest absolute Gasteiger partial charge is 0.336 e. The fraction of sp³-hybridized carbons (Fsp3) is 0.0952. The lowest BCUT2D eigenvalue weighted by Gasteiger charge is -2.09. The molecule has 10 nitrogen and oxygen atoms in total. The molecule has 2 heterocycles. The van der Waals surface area contributed by atoms with Crippen LogP contribution in [0.1, 0.15) is 0 Å². The average Bonchev–Trinajstić information content (AvgIpc) is 3.31. The molecule has 2 amide bonds. The molecular weight excluding hydrogens is 402 g/mol. The Labute approximate surface area is 175 Å². The fourth-order valence-electron chi connectivity index (χ4n) is 2.75. The van der Waals surface area contributed by atoms with Gasteiger partial charge in [-0.3, -0.25) is 9.59 Å². The van der Waals surface area contributed by atoms with Crippen molar-refractivity contribution in [1.29, 1.82) is 0 Å². The molecule has 10 heteroatoms. The highest BCUT2D eigenvalue weighted by molar-refractivity contribution is 5.94. The van der Waals surface area contributed by atoms with Gasteiger partial charge in [-0.1, -0.05) is 0 Å². The molecule has 2 N–H and O–H groups in total. The van der Waals surface area contributed by atoms with E-state index in [0.717, 1.165) is 11.1 Å². The summed E-state index contributed by atoms with van der Waals surface area (Å²) < 4.78 is 12.1. The summed E-state index contributed by atoms with van der Waals surface area (Å²) in [4.78, 5) is 39.2. The maximum absolute atomic E-state index is 12.0. The van der Waals surface area contributed by atoms with Gasteiger partial charge in [-0.25, -0.2) is 14.5 Å². The zero-order chi connectivity index (χ0) is 21.6. The third kappa shape index (κ3) is 5.12. The molecule has 0 saturated heterocycles. The molecule has 0 saturated carbocycles. The number of ether oxygens (including phenoxy) is 1. The molecular formula is C21H17N5O5. The Bertz CT molecular complexity index is 1270. The topological polar surface area (TPSA) is 128 Å². The predicted molar refractivity (Wildman–Crippen MR) is 111 cm³/mol. The van der Waals surface area contributed by atoms with Gasteiger partial charge in [-0.2, -0.15) is 5.10 Å². The third-order valence-corrected chi connectivity index (χ3v) is 4.24. The highest BCUT2D eigenvalue weighted by Crippen LogP contribution is 2.19. The Morgan fingerprint density at radius 1 is 1.03 bits per heavy atom. The van der Waals surface area contributed by atoms with E-state index in [-0.39, 0.29) is 19.1 Å². The molecule has 156 valence electrons. The number of hydrogen-bond donors (Lipinski definition) is 2. The standard InChI is InChI=1S/C21H17N5O5/c27-19(25-15-3-5-16(6-4-15)26-13-22-12-24-26)10-23-20(28)11-30-17-7-1-14-2-8-21(29)31-18(14)9-17/h1-9,12-13H,10-11H2,(H,23,28)(H,25,27). The summed E-state index contributed by atoms with van der Waals surface area (Å²) in [6.07, 6.45) is 3.00. The van der Waals surface area contributed by atoms with Gasteiger partial charge in [0.05, 0.1) is 12.2 Å². The Morgan fingerprint density at radius 2 is 1.84 bits per heavy atom. The second-order valence-electron chi connectivity index (χ2n) is 6.45. The van der Waals surface area contributed by atoms with Crippen LogP contribution in [0.2, 0.25) is 0 Å². The van der Waals surface area contributed by atoms with Crippen LogP contribution in [0.5, 0.6) is 5.75 Å². The molecule has 4 aromatic rings. The van der Waals surface area contributed by atoms with Crippen LogP contribution in [-0.4, -0.2) is 39.7 Å². The molecule has 2 aromatic carbocycles. The summed E-state index contributed by atoms with van der Waals surface area (Å²) in [5.74, 6) is -0.477. The number of aromatic nitrogens is 3. The molecule has 0 unspecified atom stereocenters. The van der Waals surface area contributed by atoms with Gasteiger partial charge in [-0.05, 0) is 42.5 Å². The van der Waals surface area contributed by atoms with Crippen molar-refractivity contribution in [3.63, 3.8) is 0 Å². The molecule has 2 aromatic heterocycles. The summed E-state index contributed by atoms with van der Waals surface area (Å²) in [5.41, 5.74) is 1.27. The first-order valence-electron chi connectivity index (χ1n) is 9.25. The quantitative estimate of drug-likeness (QED) is 0.435. The fourth-order valence-corrected chi connectivity index (χ4v) is 2.75. The van der Waals surface area contributed by atoms with Gasteiger partial charge in [0.15, 0.2) is 6.61 Å². The second-order valence-corrected chi connectivity index (χ2v) is 6.45. The Hall–Kier alpha value is -4.47. The summed E-state index contributed by atoms with van der Waals surface area (Å²) in [5, 5.41) is 9.93. The molecule has 0 radical (unpaired) electrons. The van der Waals surface area contributed by atoms with E-state index in [0.29, 0.717) is 17.0 Å². The van der Waals surface area contributed by atoms with E-state index in [1.165, 1.54) is 18.5 Å². The van der Waals surface area contributed by atoms with Gasteiger partial charge in [0.25, 0.3) is 5.91 Å². The number of carbonyl (C=O) groups excluding carboxylic acids is 2. The number of nitrogens with one attached hydrogen (secondary N) is 2. The molecule has 0 aliphatic heterocycles. The number of fused-ring (bicyclic) bond motifs is 1. The summed E-state index contributed by atoms with van der Waals surface area (Å²) in [6.45, 7) is -0.498. The van der Waals surface area contributed by atoms with Crippen molar-refractivity contribution in [2.75, 3.05) is 18.5 Å². The van der Waals surface area contributed by atoms with Gasteiger partial charge in [0, 0.05) is 23.2 Å². The van der Waals surface area contributed by atoms with Crippen molar-refractivity contribution in [2.45, 2.75) is 0 Å². The number of amides is 2. The second kappa shape index (κ2) is 8.91. The van der Waals surface area contributed by atoms with E-state index < -0.39 is 11.5 Å². The normalized spacial score (nSPS) is 10.6. The minimum Gasteiger partial charge on any atom is -0.484 e. The number of rotatable bonds is 7. The van der Waals surface area contributed by atoms with Crippen molar-refractivity contribution in [3.05, 3.63) is 77.7 Å². The van der Waals surface area contributed by atoms with E-state index in [1.54, 1.807) is 53.5 Å². The van der Waals surface area contributed by atoms with Gasteiger partial charge in [0.2, 0.25) is 5.91 Å². The number of nitrogens with zero attached hydrogens (tertiary/aromatic N) is 3. The number of hydrogen-bond acceptors (Lipinski definition) is 7. The van der Waals surface area contributed by atoms with Crippen LogP contribution in [-0.2, 0) is 9.59 Å². The lowest BCUT2D eigenvalue weighted by molar-refractivity contribution is -0.125. The zero-order valence-electron chi connectivity index (χ0n) is 16.1. The van der Waals surface area contributed by atoms with Crippen LogP contribution in [0.15, 0.2) is 76.5 Å². The van der Waals surface area contributed by atoms with Gasteiger partial charge in [-0.15, -0.1) is 0 Å². The lowest BCUT2D eigenvalue weighted by atomic mass is 10.2. The van der Waals surface area contributed by atoms with Crippen molar-refractivity contribution in [1.82, 2.24) is 20.1 Å². The van der Waals surface area contributed by atoms with Crippen LogP contribution >= 0.6 is 0 Å². The number of carbonyl (C=O) groups is 2. The maximum Gasteiger partial charge on any atom is 0.336 e. The third-order valence-electron chi connectivity index (χ3n) is 4.24. The molecule has 0 aliphatic rings. The van der Waals surface area contributed by atoms with Crippen LogP contribution in [0.4, 0.5) is 5.69 Å². The van der Waals surface area contributed by atoms with E-state index in [1.807, 2.05) is 0 Å². The van der Waals surface area contributed by atoms with E-state index in [9.17, 15) is 14.4 Å². The average molecular weight is 419 g/mol. The molecule has 0 bridgehead atoms. The van der Waals surface area contributed by atoms with Crippen molar-refractivity contribution < 1.29 is 18.7 Å². The van der Waals surface area contributed by atoms with E-state index in [4.69, 9.17) is 9.15 Å². The van der Waals surface area contributed by atoms with Gasteiger partial charge < -0.3 is 19.8 Å². The van der Waals surface area contributed by atoms with E-state index >= 15 is 0 Å². The summed E-state index contributed by atoms with van der Waals surface area (Å²) >= 11 is 0. The summed E-state index contributed by atoms with van der Waals surface area (Å²) in [7, 11) is 0. The Balaban J connectivity index is 1.24. The molecule has 4 rings (SSSR count). The molecule has 31 heavy (non-hydrogen) atoms. The highest BCUT2D eigenvalue weighted by Gasteiger charge is 2.08.